The van der Waals surface area contributed by atoms with E-state index >= 15 is 0 Å². The third-order valence-corrected chi connectivity index (χ3v) is 5.60. The summed E-state index contributed by atoms with van der Waals surface area (Å²) in [6, 6.07) is 0. The molecule has 3 atom stereocenters. The molecule has 0 saturated carbocycles. The first-order valence-electron chi connectivity index (χ1n) is 8.06. The van der Waals surface area contributed by atoms with Gasteiger partial charge in [0, 0.05) is 0 Å². The Bertz CT molecular complexity index is 1160. The van der Waals surface area contributed by atoms with Gasteiger partial charge in [-0.2, -0.15) is 52.7 Å². The molecular formula is C9F21LiO12PbS3. The maximum absolute atomic E-state index is 12.3. The van der Waals surface area contributed by atoms with E-state index in [-0.39, 0.29) is 46.2 Å². The molecule has 0 aromatic carbocycles. The molecule has 3 unspecified atom stereocenters. The maximum Gasteiger partial charge on any atom is 2.00 e. The van der Waals surface area contributed by atoms with Gasteiger partial charge in [-0.3, -0.25) is 0 Å². The third-order valence-electron chi connectivity index (χ3n) is 2.72. The van der Waals surface area contributed by atoms with Crippen LogP contribution in [-0.2, 0) is 44.6 Å². The predicted octanol–water partition coefficient (Wildman–Crippen LogP) is 0.384. The van der Waals surface area contributed by atoms with Crippen LogP contribution in [0.4, 0.5) is 92.2 Å². The molecule has 0 aliphatic carbocycles. The van der Waals surface area contributed by atoms with Crippen molar-refractivity contribution in [3.63, 3.8) is 0 Å². The van der Waals surface area contributed by atoms with Gasteiger partial charge in [0.1, 0.15) is 0 Å². The number of halogens is 21. The van der Waals surface area contributed by atoms with E-state index in [1.54, 1.807) is 14.2 Å². The van der Waals surface area contributed by atoms with Gasteiger partial charge < -0.3 is 13.7 Å². The van der Waals surface area contributed by atoms with Gasteiger partial charge in [-0.1, -0.05) is 0 Å². The molecule has 0 bridgehead atoms. The minimum Gasteiger partial charge on any atom is -0.743 e. The second kappa shape index (κ2) is 16.3. The Morgan fingerprint density at radius 2 is 0.447 bits per heavy atom. The summed E-state index contributed by atoms with van der Waals surface area (Å²) in [5.74, 6) is 0. The molecule has 0 saturated heterocycles. The van der Waals surface area contributed by atoms with Crippen LogP contribution in [0.5, 0.6) is 0 Å². The van der Waals surface area contributed by atoms with Crippen LogP contribution in [0.2, 0.25) is 0 Å². The molecule has 0 aromatic heterocycles. The van der Waals surface area contributed by atoms with Crippen LogP contribution in [0.1, 0.15) is 0 Å². The van der Waals surface area contributed by atoms with Gasteiger partial charge in [0.15, 0.2) is 30.4 Å². The van der Waals surface area contributed by atoms with Crippen LogP contribution in [0.15, 0.2) is 0 Å². The van der Waals surface area contributed by atoms with Crippen molar-refractivity contribution in [2.45, 2.75) is 53.2 Å². The number of rotatable bonds is 6. The molecule has 47 heavy (non-hydrogen) atoms. The summed E-state index contributed by atoms with van der Waals surface area (Å²) < 4.78 is 334. The number of hydrogen-bond donors (Lipinski definition) is 0. The van der Waals surface area contributed by atoms with Crippen molar-refractivity contribution in [2.75, 3.05) is 0 Å². The Balaban J connectivity index is -0.000000184. The van der Waals surface area contributed by atoms with Crippen LogP contribution in [0, 0.1) is 0 Å². The van der Waals surface area contributed by atoms with Crippen molar-refractivity contribution in [2.24, 2.45) is 0 Å². The summed E-state index contributed by atoms with van der Waals surface area (Å²) >= 11 is 0. The summed E-state index contributed by atoms with van der Waals surface area (Å²) in [4.78, 5) is 0. The SMILES string of the molecule is O=S(=O)([O-])C(F)(OC(F)(F)F)C(F)(F)F.O=S(=O)([O-])C(F)(OC(F)(F)F)C(F)(F)F.O=S(=O)([O-])C(F)(OC(F)(F)F)C(F)(F)F.[Li+].[Pb+2]. The number of ether oxygens (including phenoxy) is 3. The number of alkyl halides is 21. The average molecular weight is 1010 g/mol. The van der Waals surface area contributed by atoms with Gasteiger partial charge in [0.05, 0.1) is 0 Å². The molecule has 12 nitrogen and oxygen atoms in total. The molecule has 0 fully saturated rings. The Hall–Kier alpha value is -0.341. The number of hydrogen-bond acceptors (Lipinski definition) is 12. The Labute approximate surface area is 274 Å². The smallest absolute Gasteiger partial charge is 0.743 e. The Morgan fingerprint density at radius 3 is 0.468 bits per heavy atom. The largest absolute Gasteiger partial charge is 2.00 e. The van der Waals surface area contributed by atoms with E-state index in [0.29, 0.717) is 0 Å². The first-order valence-corrected chi connectivity index (χ1v) is 12.3. The van der Waals surface area contributed by atoms with Gasteiger partial charge in [0.2, 0.25) is 0 Å². The van der Waals surface area contributed by atoms with E-state index in [0.717, 1.165) is 0 Å². The second-order valence-corrected chi connectivity index (χ2v) is 10.4. The molecule has 0 N–H and O–H groups in total. The molecule has 0 aliphatic rings. The third kappa shape index (κ3) is 16.9. The zero-order valence-corrected chi connectivity index (χ0v) is 26.4. The Kier molecular flexibility index (Phi) is 19.5. The van der Waals surface area contributed by atoms with E-state index in [1.165, 1.54) is 0 Å². The van der Waals surface area contributed by atoms with E-state index in [1.807, 2.05) is 0 Å². The minimum absolute atomic E-state index is 0. The van der Waals surface area contributed by atoms with Gasteiger partial charge in [-0.15, -0.1) is 39.5 Å². The topological polar surface area (TPSA) is 199 Å². The van der Waals surface area contributed by atoms with E-state index in [4.69, 9.17) is 0 Å². The van der Waals surface area contributed by atoms with E-state index in [9.17, 15) is 131 Å². The standard InChI is InChI=1S/3C3HF7O4S.Li.Pb/c3*4-1(5,6)2(7,15(11,12)13)14-3(8,9)10;;/h3*(H,11,12,13);;/q;;;+1;+2/p-3. The quantitative estimate of drug-likeness (QED) is 0.202. The van der Waals surface area contributed by atoms with E-state index < -0.39 is 83.5 Å². The molecule has 0 aliphatic heterocycles. The van der Waals surface area contributed by atoms with Crippen molar-refractivity contribution in [3.05, 3.63) is 0 Å². The molecule has 2 radical (unpaired) electrons. The normalized spacial score (nSPS) is 17.9. The zero-order valence-electron chi connectivity index (χ0n) is 20.1. The summed E-state index contributed by atoms with van der Waals surface area (Å²) in [6.45, 7) is 0. The first kappa shape index (κ1) is 56.0. The van der Waals surface area contributed by atoms with Crippen LogP contribution in [-0.4, -0.2) is 119 Å². The summed E-state index contributed by atoms with van der Waals surface area (Å²) in [5.41, 5.74) is 0. The fraction of sp³-hybridized carbons (Fsp3) is 1.00. The van der Waals surface area contributed by atoms with Gasteiger partial charge in [0.25, 0.3) is 0 Å². The van der Waals surface area contributed by atoms with Crippen molar-refractivity contribution in [1.29, 1.82) is 0 Å². The van der Waals surface area contributed by atoms with Crippen molar-refractivity contribution < 1.29 is 164 Å². The van der Waals surface area contributed by atoms with Crippen LogP contribution in [0.25, 0.3) is 0 Å². The van der Waals surface area contributed by atoms with Gasteiger partial charge >= 0.3 is 99.3 Å². The van der Waals surface area contributed by atoms with Crippen LogP contribution >= 0.6 is 0 Å². The molecule has 0 amide bonds. The van der Waals surface area contributed by atoms with Crippen LogP contribution in [0.3, 0.4) is 0 Å². The molecule has 0 rings (SSSR count). The molecular weight excluding hydrogens is 1010 g/mol. The minimum atomic E-state index is -7.04. The molecule has 0 aromatic rings. The fourth-order valence-corrected chi connectivity index (χ4v) is 2.64. The fourth-order valence-electron chi connectivity index (χ4n) is 1.20. The molecule has 0 heterocycles. The molecule has 38 heteroatoms. The first-order chi connectivity index (χ1) is 18.6. The van der Waals surface area contributed by atoms with Crippen molar-refractivity contribution in [1.82, 2.24) is 0 Å². The van der Waals surface area contributed by atoms with Crippen molar-refractivity contribution in [3.8, 4) is 0 Å². The van der Waals surface area contributed by atoms with E-state index in [2.05, 4.69) is 0 Å². The average Bonchev–Trinajstić information content (AvgIpc) is 2.59. The maximum atomic E-state index is 12.3. The predicted molar refractivity (Wildman–Crippen MR) is 85.9 cm³/mol. The zero-order chi connectivity index (χ0) is 38.1. The summed E-state index contributed by atoms with van der Waals surface area (Å²) in [7, 11) is -21.1. The Morgan fingerprint density at radius 1 is 0.340 bits per heavy atom. The summed E-state index contributed by atoms with van der Waals surface area (Å²) in [6.07, 6.45) is -38.8. The van der Waals surface area contributed by atoms with Gasteiger partial charge in [-0.25, -0.2) is 39.5 Å². The monoisotopic (exact) mass is 1010 g/mol. The molecule has 278 valence electrons. The van der Waals surface area contributed by atoms with Crippen LogP contribution < -0.4 is 18.9 Å². The second-order valence-electron chi connectivity index (χ2n) is 6.11. The van der Waals surface area contributed by atoms with Gasteiger partial charge in [-0.05, 0) is 0 Å². The summed E-state index contributed by atoms with van der Waals surface area (Å²) in [5, 5.41) is -19.0. The molecule has 0 spiro atoms. The van der Waals surface area contributed by atoms with Crippen molar-refractivity contribution >= 4 is 57.7 Å².